The van der Waals surface area contributed by atoms with E-state index >= 15 is 0 Å². The van der Waals surface area contributed by atoms with Gasteiger partial charge in [-0.15, -0.1) is 0 Å². The lowest BCUT2D eigenvalue weighted by molar-refractivity contribution is 0.377. The van der Waals surface area contributed by atoms with E-state index in [4.69, 9.17) is 0 Å². The minimum absolute atomic E-state index is 0.633. The van der Waals surface area contributed by atoms with E-state index in [1.807, 2.05) is 6.20 Å². The number of hydrogen-bond acceptors (Lipinski definition) is 2. The van der Waals surface area contributed by atoms with Gasteiger partial charge in [-0.1, -0.05) is 39.0 Å². The van der Waals surface area contributed by atoms with E-state index in [1.54, 1.807) is 0 Å². The largest absolute Gasteiger partial charge is 0.314 e. The van der Waals surface area contributed by atoms with Crippen LogP contribution in [-0.4, -0.2) is 17.6 Å². The lowest BCUT2D eigenvalue weighted by Crippen LogP contribution is -2.33. The fraction of sp³-hybridized carbons (Fsp3) is 0.500. The minimum Gasteiger partial charge on any atom is -0.314 e. The molecule has 0 aliphatic heterocycles. The zero-order valence-corrected chi connectivity index (χ0v) is 12.9. The molecule has 2 heteroatoms. The van der Waals surface area contributed by atoms with Crippen molar-refractivity contribution in [3.8, 4) is 0 Å². The van der Waals surface area contributed by atoms with E-state index in [-0.39, 0.29) is 0 Å². The van der Waals surface area contributed by atoms with Gasteiger partial charge in [0.25, 0.3) is 0 Å². The molecule has 0 aliphatic carbocycles. The third-order valence-electron chi connectivity index (χ3n) is 3.97. The van der Waals surface area contributed by atoms with Crippen molar-refractivity contribution in [3.05, 3.63) is 42.1 Å². The van der Waals surface area contributed by atoms with E-state index < -0.39 is 0 Å². The van der Waals surface area contributed by atoms with Crippen molar-refractivity contribution in [1.29, 1.82) is 0 Å². The van der Waals surface area contributed by atoms with Gasteiger partial charge in [-0.25, -0.2) is 0 Å². The average Bonchev–Trinajstić information content (AvgIpc) is 2.46. The second-order valence-corrected chi connectivity index (χ2v) is 5.79. The summed E-state index contributed by atoms with van der Waals surface area (Å²) in [6.07, 6.45) is 5.53. The summed E-state index contributed by atoms with van der Waals surface area (Å²) in [5, 5.41) is 4.90. The van der Waals surface area contributed by atoms with Crippen LogP contribution < -0.4 is 5.32 Å². The van der Waals surface area contributed by atoms with E-state index in [0.29, 0.717) is 12.0 Å². The number of nitrogens with zero attached hydrogens (tertiary/aromatic N) is 1. The number of hydrogen-bond donors (Lipinski definition) is 1. The molecular weight excluding hydrogens is 244 g/mol. The fourth-order valence-electron chi connectivity index (χ4n) is 2.82. The van der Waals surface area contributed by atoms with Gasteiger partial charge in [0.15, 0.2) is 0 Å². The second-order valence-electron chi connectivity index (χ2n) is 5.79. The summed E-state index contributed by atoms with van der Waals surface area (Å²) in [4.78, 5) is 4.43. The summed E-state index contributed by atoms with van der Waals surface area (Å²) in [5.41, 5.74) is 2.53. The smallest absolute Gasteiger partial charge is 0.0704 e. The molecule has 108 valence electrons. The van der Waals surface area contributed by atoms with Gasteiger partial charge >= 0.3 is 0 Å². The molecule has 0 saturated carbocycles. The van der Waals surface area contributed by atoms with E-state index in [2.05, 4.69) is 61.4 Å². The van der Waals surface area contributed by atoms with Crippen LogP contribution in [-0.2, 0) is 6.42 Å². The predicted octanol–water partition coefficient (Wildman–Crippen LogP) is 4.19. The number of rotatable bonds is 7. The highest BCUT2D eigenvalue weighted by molar-refractivity contribution is 5.81. The topological polar surface area (TPSA) is 24.9 Å². The standard InChI is InChI=1S/C18H26N2/c1-4-19-17(14(2)3)11-7-8-15-12-13-20-18-10-6-5-9-16(15)18/h5-6,9-10,12-14,17,19H,4,7-8,11H2,1-3H3. The quantitative estimate of drug-likeness (QED) is 0.816. The van der Waals surface area contributed by atoms with Crippen LogP contribution >= 0.6 is 0 Å². The Hall–Kier alpha value is -1.41. The van der Waals surface area contributed by atoms with Crippen molar-refractivity contribution < 1.29 is 0 Å². The van der Waals surface area contributed by atoms with Gasteiger partial charge in [0.1, 0.15) is 0 Å². The Bertz CT molecular complexity index is 528. The summed E-state index contributed by atoms with van der Waals surface area (Å²) in [6, 6.07) is 11.2. The van der Waals surface area contributed by atoms with Crippen LogP contribution in [0, 0.1) is 5.92 Å². The molecule has 1 aromatic heterocycles. The zero-order valence-electron chi connectivity index (χ0n) is 12.9. The molecule has 2 rings (SSSR count). The normalized spacial score (nSPS) is 13.0. The van der Waals surface area contributed by atoms with E-state index in [0.717, 1.165) is 18.5 Å². The van der Waals surface area contributed by atoms with Crippen LogP contribution in [0.25, 0.3) is 10.9 Å². The number of aromatic nitrogens is 1. The summed E-state index contributed by atoms with van der Waals surface area (Å²) < 4.78 is 0. The number of fused-ring (bicyclic) bond motifs is 1. The Morgan fingerprint density at radius 2 is 1.95 bits per heavy atom. The van der Waals surface area contributed by atoms with Crippen molar-refractivity contribution in [2.75, 3.05) is 6.54 Å². The fourth-order valence-corrected chi connectivity index (χ4v) is 2.82. The Morgan fingerprint density at radius 1 is 1.15 bits per heavy atom. The number of nitrogens with one attached hydrogen (secondary N) is 1. The predicted molar refractivity (Wildman–Crippen MR) is 87.0 cm³/mol. The van der Waals surface area contributed by atoms with Crippen molar-refractivity contribution >= 4 is 10.9 Å². The number of pyridine rings is 1. The van der Waals surface area contributed by atoms with Gasteiger partial charge in [-0.05, 0) is 49.4 Å². The molecule has 0 spiro atoms. The molecule has 0 saturated heterocycles. The molecule has 0 aliphatic rings. The third-order valence-corrected chi connectivity index (χ3v) is 3.97. The molecule has 1 aromatic carbocycles. The lowest BCUT2D eigenvalue weighted by atomic mass is 9.96. The van der Waals surface area contributed by atoms with Crippen LogP contribution in [0.5, 0.6) is 0 Å². The molecule has 1 atom stereocenters. The zero-order chi connectivity index (χ0) is 14.4. The monoisotopic (exact) mass is 270 g/mol. The Labute approximate surface area is 122 Å². The highest BCUT2D eigenvalue weighted by Gasteiger charge is 2.11. The van der Waals surface area contributed by atoms with Crippen LogP contribution in [0.2, 0.25) is 0 Å². The van der Waals surface area contributed by atoms with Gasteiger partial charge in [-0.2, -0.15) is 0 Å². The number of benzene rings is 1. The Balaban J connectivity index is 1.99. The first-order valence-corrected chi connectivity index (χ1v) is 7.78. The second kappa shape index (κ2) is 7.39. The molecule has 0 bridgehead atoms. The van der Waals surface area contributed by atoms with Gasteiger partial charge in [0.05, 0.1) is 5.52 Å². The van der Waals surface area contributed by atoms with Gasteiger partial charge in [0, 0.05) is 17.6 Å². The first-order chi connectivity index (χ1) is 9.72. The van der Waals surface area contributed by atoms with Gasteiger partial charge in [0.2, 0.25) is 0 Å². The molecule has 2 aromatic rings. The van der Waals surface area contributed by atoms with Crippen LogP contribution in [0.3, 0.4) is 0 Å². The molecule has 1 N–H and O–H groups in total. The summed E-state index contributed by atoms with van der Waals surface area (Å²) in [6.45, 7) is 7.84. The molecule has 0 amide bonds. The SMILES string of the molecule is CCNC(CCCc1ccnc2ccccc12)C(C)C. The summed E-state index contributed by atoms with van der Waals surface area (Å²) >= 11 is 0. The van der Waals surface area contributed by atoms with Crippen LogP contribution in [0.1, 0.15) is 39.2 Å². The van der Waals surface area contributed by atoms with E-state index in [9.17, 15) is 0 Å². The van der Waals surface area contributed by atoms with Gasteiger partial charge in [-0.3, -0.25) is 4.98 Å². The number of aryl methyl sites for hydroxylation is 1. The van der Waals surface area contributed by atoms with Crippen molar-refractivity contribution in [2.45, 2.75) is 46.1 Å². The number of para-hydroxylation sites is 1. The van der Waals surface area contributed by atoms with Crippen molar-refractivity contribution in [1.82, 2.24) is 10.3 Å². The molecule has 20 heavy (non-hydrogen) atoms. The lowest BCUT2D eigenvalue weighted by Gasteiger charge is -2.21. The molecule has 1 heterocycles. The summed E-state index contributed by atoms with van der Waals surface area (Å²) in [7, 11) is 0. The molecular formula is C18H26N2. The highest BCUT2D eigenvalue weighted by atomic mass is 14.9. The maximum atomic E-state index is 4.43. The first-order valence-electron chi connectivity index (χ1n) is 7.78. The third kappa shape index (κ3) is 3.80. The van der Waals surface area contributed by atoms with Crippen LogP contribution in [0.15, 0.2) is 36.5 Å². The maximum absolute atomic E-state index is 4.43. The van der Waals surface area contributed by atoms with Crippen molar-refractivity contribution in [3.63, 3.8) is 0 Å². The first kappa shape index (κ1) is 15.0. The molecule has 1 unspecified atom stereocenters. The maximum Gasteiger partial charge on any atom is 0.0704 e. The van der Waals surface area contributed by atoms with Crippen LogP contribution in [0.4, 0.5) is 0 Å². The van der Waals surface area contributed by atoms with Gasteiger partial charge < -0.3 is 5.32 Å². The van der Waals surface area contributed by atoms with E-state index in [1.165, 1.54) is 23.8 Å². The van der Waals surface area contributed by atoms with Crippen molar-refractivity contribution in [2.24, 2.45) is 5.92 Å². The Morgan fingerprint density at radius 3 is 2.70 bits per heavy atom. The Kier molecular flexibility index (Phi) is 5.54. The molecule has 0 fully saturated rings. The highest BCUT2D eigenvalue weighted by Crippen LogP contribution is 2.19. The average molecular weight is 270 g/mol. The molecule has 2 nitrogen and oxygen atoms in total. The summed E-state index contributed by atoms with van der Waals surface area (Å²) in [5.74, 6) is 0.698. The minimum atomic E-state index is 0.633. The molecule has 0 radical (unpaired) electrons.